The highest BCUT2D eigenvalue weighted by Gasteiger charge is 2.20. The van der Waals surface area contributed by atoms with Gasteiger partial charge in [-0.05, 0) is 18.6 Å². The molecule has 0 heterocycles. The van der Waals surface area contributed by atoms with Crippen molar-refractivity contribution in [1.82, 2.24) is 5.32 Å². The molecule has 1 rings (SSSR count). The van der Waals surface area contributed by atoms with Crippen molar-refractivity contribution in [2.45, 2.75) is 45.1 Å². The lowest BCUT2D eigenvalue weighted by molar-refractivity contribution is -0.120. The van der Waals surface area contributed by atoms with Crippen molar-refractivity contribution in [3.8, 4) is 0 Å². The monoisotopic (exact) mass is 280 g/mol. The van der Waals surface area contributed by atoms with Crippen LogP contribution in [0.3, 0.4) is 0 Å². The number of benzene rings is 1. The van der Waals surface area contributed by atoms with Gasteiger partial charge in [0.25, 0.3) is 5.91 Å². The fourth-order valence-electron chi connectivity index (χ4n) is 1.94. The van der Waals surface area contributed by atoms with E-state index in [0.717, 1.165) is 25.7 Å². The summed E-state index contributed by atoms with van der Waals surface area (Å²) in [4.78, 5) is 23.2. The lowest BCUT2D eigenvalue weighted by Gasteiger charge is -2.15. The molecule has 0 bridgehead atoms. The van der Waals surface area contributed by atoms with Crippen molar-refractivity contribution in [2.24, 2.45) is 5.73 Å². The largest absolute Gasteiger partial charge is 0.368 e. The summed E-state index contributed by atoms with van der Waals surface area (Å²) in [6.07, 6.45) is 4.43. The second-order valence-corrected chi connectivity index (χ2v) is 4.76. The Labute approximate surface area is 118 Å². The SMILES string of the molecule is CCCCCC[C@H](NC(=O)c1ccccc1F)C(N)=O. The van der Waals surface area contributed by atoms with E-state index in [1.165, 1.54) is 18.2 Å². The van der Waals surface area contributed by atoms with Gasteiger partial charge in [0.2, 0.25) is 5.91 Å². The summed E-state index contributed by atoms with van der Waals surface area (Å²) in [5.41, 5.74) is 5.19. The number of hydrogen-bond donors (Lipinski definition) is 2. The van der Waals surface area contributed by atoms with Gasteiger partial charge < -0.3 is 11.1 Å². The maximum atomic E-state index is 13.5. The van der Waals surface area contributed by atoms with Crippen molar-refractivity contribution < 1.29 is 14.0 Å². The highest BCUT2D eigenvalue weighted by molar-refractivity contribution is 5.97. The highest BCUT2D eigenvalue weighted by atomic mass is 19.1. The Kier molecular flexibility index (Phi) is 6.70. The molecule has 0 aliphatic rings. The third kappa shape index (κ3) is 4.99. The molecule has 1 atom stereocenters. The number of primary amides is 1. The topological polar surface area (TPSA) is 72.2 Å². The van der Waals surface area contributed by atoms with Gasteiger partial charge in [0.05, 0.1) is 5.56 Å². The Morgan fingerprint density at radius 3 is 2.55 bits per heavy atom. The van der Waals surface area contributed by atoms with Crippen molar-refractivity contribution in [2.75, 3.05) is 0 Å². The molecule has 1 aromatic carbocycles. The number of nitrogens with two attached hydrogens (primary N) is 1. The lowest BCUT2D eigenvalue weighted by atomic mass is 10.1. The van der Waals surface area contributed by atoms with Crippen LogP contribution in [0, 0.1) is 5.82 Å². The zero-order valence-corrected chi connectivity index (χ0v) is 11.7. The predicted octanol–water partition coefficient (Wildman–Crippen LogP) is 2.38. The summed E-state index contributed by atoms with van der Waals surface area (Å²) in [5.74, 6) is -1.81. The minimum Gasteiger partial charge on any atom is -0.368 e. The van der Waals surface area contributed by atoms with Crippen LogP contribution in [0.1, 0.15) is 49.4 Å². The fourth-order valence-corrected chi connectivity index (χ4v) is 1.94. The van der Waals surface area contributed by atoms with Crippen molar-refractivity contribution in [3.05, 3.63) is 35.6 Å². The van der Waals surface area contributed by atoms with E-state index in [9.17, 15) is 14.0 Å². The summed E-state index contributed by atoms with van der Waals surface area (Å²) < 4.78 is 13.5. The average Bonchev–Trinajstić information content (AvgIpc) is 2.42. The molecule has 0 unspecified atom stereocenters. The summed E-state index contributed by atoms with van der Waals surface area (Å²) >= 11 is 0. The number of halogens is 1. The Morgan fingerprint density at radius 1 is 1.25 bits per heavy atom. The first-order valence-corrected chi connectivity index (χ1v) is 6.91. The number of nitrogens with one attached hydrogen (secondary N) is 1. The lowest BCUT2D eigenvalue weighted by Crippen LogP contribution is -2.44. The van der Waals surface area contributed by atoms with E-state index >= 15 is 0 Å². The third-order valence-corrected chi connectivity index (χ3v) is 3.11. The molecular formula is C15H21FN2O2. The maximum Gasteiger partial charge on any atom is 0.254 e. The van der Waals surface area contributed by atoms with E-state index in [0.29, 0.717) is 6.42 Å². The Bertz CT molecular complexity index is 463. The molecule has 0 saturated carbocycles. The van der Waals surface area contributed by atoms with Gasteiger partial charge >= 0.3 is 0 Å². The molecule has 2 amide bonds. The quantitative estimate of drug-likeness (QED) is 0.718. The van der Waals surface area contributed by atoms with Crippen molar-refractivity contribution in [1.29, 1.82) is 0 Å². The molecule has 0 radical (unpaired) electrons. The number of carbonyl (C=O) groups is 2. The van der Waals surface area contributed by atoms with Gasteiger partial charge in [-0.2, -0.15) is 0 Å². The summed E-state index contributed by atoms with van der Waals surface area (Å²) in [6.45, 7) is 2.09. The standard InChI is InChI=1S/C15H21FN2O2/c1-2-3-4-5-10-13(14(17)19)18-15(20)11-8-6-7-9-12(11)16/h6-9,13H,2-5,10H2,1H3,(H2,17,19)(H,18,20)/t13-/m0/s1. The molecule has 0 aromatic heterocycles. The Morgan fingerprint density at radius 2 is 1.95 bits per heavy atom. The van der Waals surface area contributed by atoms with Crippen LogP contribution < -0.4 is 11.1 Å². The molecule has 1 aromatic rings. The number of hydrogen-bond acceptors (Lipinski definition) is 2. The van der Waals surface area contributed by atoms with Gasteiger partial charge in [-0.1, -0.05) is 44.7 Å². The normalized spacial score (nSPS) is 11.9. The minimum absolute atomic E-state index is 0.0766. The van der Waals surface area contributed by atoms with Gasteiger partial charge in [-0.15, -0.1) is 0 Å². The van der Waals surface area contributed by atoms with Gasteiger partial charge in [0, 0.05) is 0 Å². The molecule has 110 valence electrons. The molecule has 3 N–H and O–H groups in total. The molecule has 0 saturated heterocycles. The highest BCUT2D eigenvalue weighted by Crippen LogP contribution is 2.09. The smallest absolute Gasteiger partial charge is 0.254 e. The minimum atomic E-state index is -0.751. The zero-order chi connectivity index (χ0) is 15.0. The van der Waals surface area contributed by atoms with E-state index in [-0.39, 0.29) is 5.56 Å². The van der Waals surface area contributed by atoms with E-state index in [1.807, 2.05) is 0 Å². The zero-order valence-electron chi connectivity index (χ0n) is 11.7. The van der Waals surface area contributed by atoms with Gasteiger partial charge in [0.15, 0.2) is 0 Å². The molecular weight excluding hydrogens is 259 g/mol. The third-order valence-electron chi connectivity index (χ3n) is 3.11. The van der Waals surface area contributed by atoms with Crippen LogP contribution in [0.15, 0.2) is 24.3 Å². The van der Waals surface area contributed by atoms with Crippen LogP contribution >= 0.6 is 0 Å². The number of amides is 2. The van der Waals surface area contributed by atoms with E-state index in [4.69, 9.17) is 5.73 Å². The van der Waals surface area contributed by atoms with Crippen molar-refractivity contribution in [3.63, 3.8) is 0 Å². The van der Waals surface area contributed by atoms with Gasteiger partial charge in [0.1, 0.15) is 11.9 Å². The molecule has 0 aliphatic heterocycles. The van der Waals surface area contributed by atoms with Gasteiger partial charge in [-0.25, -0.2) is 4.39 Å². The van der Waals surface area contributed by atoms with Crippen LogP contribution in [0.25, 0.3) is 0 Å². The van der Waals surface area contributed by atoms with Crippen LogP contribution in [0.5, 0.6) is 0 Å². The first kappa shape index (κ1) is 16.1. The van der Waals surface area contributed by atoms with Crippen LogP contribution in [0.2, 0.25) is 0 Å². The Hall–Kier alpha value is -1.91. The number of unbranched alkanes of at least 4 members (excludes halogenated alkanes) is 3. The van der Waals surface area contributed by atoms with Crippen molar-refractivity contribution >= 4 is 11.8 Å². The first-order valence-electron chi connectivity index (χ1n) is 6.91. The molecule has 20 heavy (non-hydrogen) atoms. The van der Waals surface area contributed by atoms with E-state index < -0.39 is 23.7 Å². The number of carbonyl (C=O) groups excluding carboxylic acids is 2. The van der Waals surface area contributed by atoms with Crippen LogP contribution in [0.4, 0.5) is 4.39 Å². The summed E-state index contributed by atoms with van der Waals surface area (Å²) in [6, 6.07) is 4.90. The summed E-state index contributed by atoms with van der Waals surface area (Å²) in [7, 11) is 0. The van der Waals surface area contributed by atoms with Gasteiger partial charge in [-0.3, -0.25) is 9.59 Å². The fraction of sp³-hybridized carbons (Fsp3) is 0.467. The first-order chi connectivity index (χ1) is 9.56. The molecule has 0 spiro atoms. The average molecular weight is 280 g/mol. The van der Waals surface area contributed by atoms with Crippen LogP contribution in [-0.2, 0) is 4.79 Å². The molecule has 0 fully saturated rings. The molecule has 5 heteroatoms. The number of rotatable bonds is 8. The van der Waals surface area contributed by atoms with E-state index in [1.54, 1.807) is 6.07 Å². The second kappa shape index (κ2) is 8.30. The molecule has 0 aliphatic carbocycles. The second-order valence-electron chi connectivity index (χ2n) is 4.76. The van der Waals surface area contributed by atoms with E-state index in [2.05, 4.69) is 12.2 Å². The van der Waals surface area contributed by atoms with Crippen LogP contribution in [-0.4, -0.2) is 17.9 Å². The predicted molar refractivity (Wildman–Crippen MR) is 75.6 cm³/mol. The Balaban J connectivity index is 2.59. The summed E-state index contributed by atoms with van der Waals surface area (Å²) in [5, 5.41) is 2.50. The molecule has 4 nitrogen and oxygen atoms in total. The maximum absolute atomic E-state index is 13.5.